The number of carbonyl (C=O) groups excluding carboxylic acids is 4. The number of nitrogens with one attached hydrogen (secondary N) is 6. The van der Waals surface area contributed by atoms with Crippen LogP contribution in [-0.4, -0.2) is 68.7 Å². The van der Waals surface area contributed by atoms with Crippen molar-refractivity contribution in [2.24, 2.45) is 0 Å². The maximum Gasteiger partial charge on any atom is 0.269 e. The third-order valence-corrected chi connectivity index (χ3v) is 24.2. The molecule has 0 spiro atoms. The number of rotatable bonds is 12. The second kappa shape index (κ2) is 27.4. The van der Waals surface area contributed by atoms with Crippen LogP contribution in [0.25, 0.3) is 9.69 Å². The minimum Gasteiger partial charge on any atom is -0.412 e. The van der Waals surface area contributed by atoms with Crippen LogP contribution < -0.4 is 32.3 Å². The van der Waals surface area contributed by atoms with E-state index in [0.717, 1.165) is 7.14 Å². The molecule has 4 amide bonds. The van der Waals surface area contributed by atoms with Crippen LogP contribution in [0.2, 0.25) is 46.3 Å². The molecule has 4 atom stereocenters. The highest BCUT2D eigenvalue weighted by Gasteiger charge is 2.41. The lowest BCUT2D eigenvalue weighted by molar-refractivity contribution is -0.125. The van der Waals surface area contributed by atoms with E-state index in [2.05, 4.69) is 155 Å². The molecule has 0 saturated carbocycles. The van der Waals surface area contributed by atoms with Crippen molar-refractivity contribution in [3.8, 4) is 0 Å². The Kier molecular flexibility index (Phi) is 24.3. The summed E-state index contributed by atoms with van der Waals surface area (Å²) in [5, 5.41) is 17.0. The SMILES string of the molecule is CC(C)(C)[Si](C)(C)Cl.[C-]#[N+]c1ccc(N[C@@H](C(=O)NNC(=O)c2ccc(I)cc2)[C@H](C)O)c(C)c1Cl.[C-]#[N+]c1ccc(N[C@@H](C(=O)NNC(=O)c2ccc(I)cc2)[C@H](C)O[Si](C)(C)C(C)(C)C)c(C)c1Cl. The third-order valence-electron chi connectivity index (χ3n) is 12.0. The highest BCUT2D eigenvalue weighted by atomic mass is 127. The summed E-state index contributed by atoms with van der Waals surface area (Å²) in [7, 11) is -3.60. The molecule has 0 aliphatic rings. The van der Waals surface area contributed by atoms with Gasteiger partial charge in [-0.25, -0.2) is 9.69 Å². The van der Waals surface area contributed by atoms with E-state index in [1.54, 1.807) is 68.4 Å². The highest BCUT2D eigenvalue weighted by Crippen LogP contribution is 2.40. The molecule has 0 radical (unpaired) electrons. The summed E-state index contributed by atoms with van der Waals surface area (Å²) in [6.07, 6.45) is -1.58. The predicted molar refractivity (Wildman–Crippen MR) is 312 cm³/mol. The highest BCUT2D eigenvalue weighted by molar-refractivity contribution is 14.1. The fourth-order valence-corrected chi connectivity index (χ4v) is 7.96. The van der Waals surface area contributed by atoms with E-state index in [0.29, 0.717) is 55.1 Å². The average Bonchev–Trinajstić information content (AvgIpc) is 3.27. The Hall–Kier alpha value is -3.98. The van der Waals surface area contributed by atoms with Crippen molar-refractivity contribution >= 4 is 142 Å². The molecular weight excluding hydrogens is 1220 g/mol. The second-order valence-corrected chi connectivity index (χ2v) is 34.8. The molecule has 0 bridgehead atoms. The molecule has 4 aromatic rings. The van der Waals surface area contributed by atoms with Gasteiger partial charge in [0.25, 0.3) is 23.6 Å². The van der Waals surface area contributed by atoms with Gasteiger partial charge in [0.15, 0.2) is 15.7 Å². The standard InChI is InChI=1S/C25H32ClIN4O3Si.C19H18ClIN4O3.C6H15ClSi/c1-15-19(13-14-20(28-6)21(15)26)29-22(16(2)34-35(7,8)25(3,4)5)24(33)31-30-23(32)17-9-11-18(27)12-10-17;1-10-14(8-9-15(22-3)16(10)20)23-17(11(2)26)19(28)25-24-18(27)12-4-6-13(21)7-5-12;1-6(2,3)8(4,5)7/h9-14,16,22,29H,1-5,7-8H3,(H,30,32)(H,31,33);4-9,11,17,23,26H,1-2H3,(H,24,27)(H,25,28);1-5H3/t16-,22+;11-,17+;/m00./s1. The minimum atomic E-state index is -2.21. The Balaban J connectivity index is 0.000000429. The van der Waals surface area contributed by atoms with Crippen LogP contribution >= 0.6 is 79.5 Å². The van der Waals surface area contributed by atoms with Crippen molar-refractivity contribution in [3.63, 3.8) is 0 Å². The van der Waals surface area contributed by atoms with Gasteiger partial charge in [-0.05, 0) is 168 Å². The van der Waals surface area contributed by atoms with Gasteiger partial charge in [-0.2, -0.15) is 11.1 Å². The lowest BCUT2D eigenvalue weighted by Crippen LogP contribution is -2.55. The molecule has 0 unspecified atom stereocenters. The van der Waals surface area contributed by atoms with Gasteiger partial charge >= 0.3 is 0 Å². The fourth-order valence-electron chi connectivity index (χ4n) is 5.41. The quantitative estimate of drug-likeness (QED) is 0.0241. The lowest BCUT2D eigenvalue weighted by atomic mass is 10.1. The third kappa shape index (κ3) is 19.1. The van der Waals surface area contributed by atoms with Crippen LogP contribution in [-0.2, 0) is 14.0 Å². The molecule has 384 valence electrons. The monoisotopic (exact) mass is 1290 g/mol. The number of aliphatic hydroxyl groups excluding tert-OH is 1. The number of hydrogen-bond donors (Lipinski definition) is 7. The van der Waals surface area contributed by atoms with E-state index in [1.165, 1.54) is 13.0 Å². The van der Waals surface area contributed by atoms with Crippen LogP contribution in [0.1, 0.15) is 87.2 Å². The van der Waals surface area contributed by atoms with Crippen LogP contribution in [0.4, 0.5) is 22.7 Å². The number of nitrogens with zero attached hydrogens (tertiary/aromatic N) is 2. The van der Waals surface area contributed by atoms with Gasteiger partial charge < -0.3 is 20.2 Å². The minimum absolute atomic E-state index is 0.0577. The van der Waals surface area contributed by atoms with Crippen molar-refractivity contribution in [2.75, 3.05) is 10.6 Å². The number of halogens is 5. The summed E-state index contributed by atoms with van der Waals surface area (Å²) in [6.45, 7) is 42.7. The summed E-state index contributed by atoms with van der Waals surface area (Å²) in [5.41, 5.74) is 13.4. The van der Waals surface area contributed by atoms with E-state index in [1.807, 2.05) is 19.1 Å². The molecule has 0 saturated heterocycles. The Morgan fingerprint density at radius 1 is 0.620 bits per heavy atom. The average molecular weight is 1290 g/mol. The Morgan fingerprint density at radius 2 is 0.958 bits per heavy atom. The zero-order valence-corrected chi connectivity index (χ0v) is 51.1. The van der Waals surface area contributed by atoms with Crippen LogP contribution in [0.3, 0.4) is 0 Å². The normalized spacial score (nSPS) is 13.1. The molecule has 0 aliphatic carbocycles. The first-order valence-electron chi connectivity index (χ1n) is 22.3. The van der Waals surface area contributed by atoms with E-state index < -0.39 is 63.6 Å². The second-order valence-electron chi connectivity index (χ2n) is 19.6. The van der Waals surface area contributed by atoms with Gasteiger partial charge in [0.2, 0.25) is 11.4 Å². The number of hydrazine groups is 2. The summed E-state index contributed by atoms with van der Waals surface area (Å²) in [4.78, 5) is 57.2. The van der Waals surface area contributed by atoms with Gasteiger partial charge in [-0.1, -0.05) is 90.0 Å². The van der Waals surface area contributed by atoms with Crippen molar-refractivity contribution < 1.29 is 28.7 Å². The molecule has 14 nitrogen and oxygen atoms in total. The summed E-state index contributed by atoms with van der Waals surface area (Å²) < 4.78 is 8.48. The van der Waals surface area contributed by atoms with Gasteiger partial charge in [-0.3, -0.25) is 40.9 Å². The first-order valence-corrected chi connectivity index (χ1v) is 32.1. The van der Waals surface area contributed by atoms with Crippen molar-refractivity contribution in [2.45, 2.75) is 130 Å². The largest absolute Gasteiger partial charge is 0.412 e. The summed E-state index contributed by atoms with van der Waals surface area (Å²) >= 11 is 22.9. The van der Waals surface area contributed by atoms with Crippen molar-refractivity contribution in [1.82, 2.24) is 21.7 Å². The molecule has 0 fully saturated rings. The summed E-state index contributed by atoms with van der Waals surface area (Å²) in [6, 6.07) is 18.4. The zero-order chi connectivity index (χ0) is 54.4. The predicted octanol–water partition coefficient (Wildman–Crippen LogP) is 13.1. The number of aliphatic hydroxyl groups is 1. The topological polar surface area (TPSA) is 179 Å². The lowest BCUT2D eigenvalue weighted by Gasteiger charge is -2.40. The zero-order valence-electron chi connectivity index (χ0n) is 42.5. The molecule has 0 heterocycles. The number of amides is 4. The Morgan fingerprint density at radius 3 is 1.27 bits per heavy atom. The van der Waals surface area contributed by atoms with Crippen molar-refractivity contribution in [1.29, 1.82) is 0 Å². The molecule has 7 N–H and O–H groups in total. The van der Waals surface area contributed by atoms with Gasteiger partial charge in [0.05, 0.1) is 35.4 Å². The molecule has 0 aliphatic heterocycles. The maximum atomic E-state index is 13.3. The Bertz CT molecular complexity index is 2580. The number of anilines is 2. The van der Waals surface area contributed by atoms with Gasteiger partial charge in [0.1, 0.15) is 12.1 Å². The number of benzene rings is 4. The molecular formula is C50H65Cl3I2N8O6Si2. The summed E-state index contributed by atoms with van der Waals surface area (Å²) in [5.74, 6) is -1.99. The fraction of sp³-hybridized carbons (Fsp3) is 0.400. The van der Waals surface area contributed by atoms with Crippen LogP contribution in [0.5, 0.6) is 0 Å². The van der Waals surface area contributed by atoms with E-state index in [-0.39, 0.29) is 10.1 Å². The van der Waals surface area contributed by atoms with Gasteiger partial charge in [0, 0.05) is 29.6 Å². The maximum absolute atomic E-state index is 13.3. The van der Waals surface area contributed by atoms with E-state index >= 15 is 0 Å². The molecule has 4 rings (SSSR count). The van der Waals surface area contributed by atoms with Gasteiger partial charge in [-0.15, -0.1) is 0 Å². The van der Waals surface area contributed by atoms with E-state index in [9.17, 15) is 24.3 Å². The number of carbonyl (C=O) groups is 4. The van der Waals surface area contributed by atoms with Crippen LogP contribution in [0.15, 0.2) is 72.8 Å². The Labute approximate surface area is 463 Å². The first-order chi connectivity index (χ1) is 32.7. The molecule has 0 aromatic heterocycles. The van der Waals surface area contributed by atoms with Crippen LogP contribution in [0, 0.1) is 34.1 Å². The van der Waals surface area contributed by atoms with Crippen molar-refractivity contribution in [3.05, 3.63) is 135 Å². The first kappa shape index (κ1) is 63.1. The molecule has 4 aromatic carbocycles. The number of hydrogen-bond acceptors (Lipinski definition) is 8. The molecule has 71 heavy (non-hydrogen) atoms. The van der Waals surface area contributed by atoms with E-state index in [4.69, 9.17) is 51.9 Å². The molecule has 21 heteroatoms. The smallest absolute Gasteiger partial charge is 0.269 e.